The topological polar surface area (TPSA) is 80.9 Å². The van der Waals surface area contributed by atoms with Gasteiger partial charge in [0, 0.05) is 18.7 Å². The fraction of sp³-hybridized carbons (Fsp3) is 0.167. The van der Waals surface area contributed by atoms with Crippen LogP contribution in [0.2, 0.25) is 0 Å². The van der Waals surface area contributed by atoms with Gasteiger partial charge in [0.05, 0.1) is 15.4 Å². The second-order valence-electron chi connectivity index (χ2n) is 5.41. The van der Waals surface area contributed by atoms with Crippen molar-refractivity contribution in [1.29, 1.82) is 0 Å². The number of carbonyl (C=O) groups is 1. The third kappa shape index (κ3) is 3.84. The zero-order valence-electron chi connectivity index (χ0n) is 13.3. The number of nitrogens with zero attached hydrogens (tertiary/aromatic N) is 2. The third-order valence-electron chi connectivity index (χ3n) is 3.60. The summed E-state index contributed by atoms with van der Waals surface area (Å²) in [6.07, 6.45) is 1.51. The summed E-state index contributed by atoms with van der Waals surface area (Å²) in [7, 11) is 0. The highest BCUT2D eigenvalue weighted by Gasteiger charge is 2.09. The van der Waals surface area contributed by atoms with Gasteiger partial charge in [-0.15, -0.1) is 11.3 Å². The molecule has 0 aliphatic rings. The van der Waals surface area contributed by atoms with Crippen LogP contribution in [0.15, 0.2) is 54.9 Å². The van der Waals surface area contributed by atoms with Gasteiger partial charge in [0.25, 0.3) is 0 Å². The number of ketones is 1. The number of rotatable bonds is 6. The number of nitrogens with two attached hydrogens (primary N) is 1. The summed E-state index contributed by atoms with van der Waals surface area (Å²) < 4.78 is 0. The van der Waals surface area contributed by atoms with Crippen molar-refractivity contribution in [3.8, 4) is 10.6 Å². The standard InChI is InChI=1S/C18H18N4OS/c1-12(23)16-7-8-17(24-16)15-9-18(22-11-21-15)20-10-14(19)13-5-3-2-4-6-13/h2-9,11,14H,10,19H2,1H3,(H,20,21,22). The Balaban J connectivity index is 1.70. The molecule has 24 heavy (non-hydrogen) atoms. The predicted molar refractivity (Wildman–Crippen MR) is 97.2 cm³/mol. The highest BCUT2D eigenvalue weighted by Crippen LogP contribution is 2.27. The molecule has 0 bridgehead atoms. The number of hydrogen-bond donors (Lipinski definition) is 2. The minimum absolute atomic E-state index is 0.0625. The number of benzene rings is 1. The van der Waals surface area contributed by atoms with Gasteiger partial charge in [-0.1, -0.05) is 30.3 Å². The van der Waals surface area contributed by atoms with E-state index in [1.165, 1.54) is 17.7 Å². The van der Waals surface area contributed by atoms with E-state index >= 15 is 0 Å². The Kier molecular flexibility index (Phi) is 4.98. The van der Waals surface area contributed by atoms with Crippen molar-refractivity contribution < 1.29 is 4.79 Å². The van der Waals surface area contributed by atoms with Crippen molar-refractivity contribution in [2.24, 2.45) is 5.73 Å². The van der Waals surface area contributed by atoms with Crippen molar-refractivity contribution in [3.05, 3.63) is 65.3 Å². The smallest absolute Gasteiger partial charge is 0.169 e. The number of hydrogen-bond acceptors (Lipinski definition) is 6. The van der Waals surface area contributed by atoms with Crippen LogP contribution in [-0.2, 0) is 0 Å². The van der Waals surface area contributed by atoms with Crippen LogP contribution < -0.4 is 11.1 Å². The van der Waals surface area contributed by atoms with Crippen LogP contribution in [0.5, 0.6) is 0 Å². The Labute approximate surface area is 144 Å². The molecular weight excluding hydrogens is 320 g/mol. The summed E-state index contributed by atoms with van der Waals surface area (Å²) in [6.45, 7) is 2.14. The highest BCUT2D eigenvalue weighted by atomic mass is 32.1. The largest absolute Gasteiger partial charge is 0.368 e. The van der Waals surface area contributed by atoms with Crippen molar-refractivity contribution in [2.75, 3.05) is 11.9 Å². The van der Waals surface area contributed by atoms with Crippen LogP contribution in [-0.4, -0.2) is 22.3 Å². The van der Waals surface area contributed by atoms with E-state index in [4.69, 9.17) is 5.73 Å². The zero-order valence-corrected chi connectivity index (χ0v) is 14.1. The third-order valence-corrected chi connectivity index (χ3v) is 4.81. The van der Waals surface area contributed by atoms with Gasteiger partial charge in [0.1, 0.15) is 12.1 Å². The molecule has 0 fully saturated rings. The molecule has 2 heterocycles. The molecular formula is C18H18N4OS. The lowest BCUT2D eigenvalue weighted by atomic mass is 10.1. The van der Waals surface area contributed by atoms with E-state index in [2.05, 4.69) is 15.3 Å². The maximum atomic E-state index is 11.4. The molecule has 0 saturated carbocycles. The molecule has 0 aliphatic carbocycles. The second kappa shape index (κ2) is 7.33. The molecule has 122 valence electrons. The van der Waals surface area contributed by atoms with Crippen molar-refractivity contribution in [2.45, 2.75) is 13.0 Å². The van der Waals surface area contributed by atoms with E-state index in [9.17, 15) is 4.79 Å². The first-order valence-corrected chi connectivity index (χ1v) is 8.43. The quantitative estimate of drug-likeness (QED) is 0.672. The van der Waals surface area contributed by atoms with Gasteiger partial charge in [-0.25, -0.2) is 9.97 Å². The fourth-order valence-electron chi connectivity index (χ4n) is 2.29. The maximum absolute atomic E-state index is 11.4. The van der Waals surface area contributed by atoms with Crippen molar-refractivity contribution in [1.82, 2.24) is 9.97 Å². The first-order chi connectivity index (χ1) is 11.6. The lowest BCUT2D eigenvalue weighted by Gasteiger charge is -2.13. The van der Waals surface area contributed by atoms with Crippen molar-refractivity contribution >= 4 is 22.9 Å². The molecule has 0 aliphatic heterocycles. The van der Waals surface area contributed by atoms with E-state index in [-0.39, 0.29) is 11.8 Å². The fourth-order valence-corrected chi connectivity index (χ4v) is 3.16. The van der Waals surface area contributed by atoms with Gasteiger partial charge in [-0.2, -0.15) is 0 Å². The number of Topliss-reactive ketones (excluding diaryl/α,β-unsaturated/α-hetero) is 1. The predicted octanol–water partition coefficient (Wildman–Crippen LogP) is 3.52. The molecule has 3 aromatic rings. The Bertz CT molecular complexity index is 832. The number of aromatic nitrogens is 2. The molecule has 3 rings (SSSR count). The average molecular weight is 338 g/mol. The molecule has 0 spiro atoms. The minimum atomic E-state index is -0.115. The first-order valence-electron chi connectivity index (χ1n) is 7.61. The SMILES string of the molecule is CC(=O)c1ccc(-c2cc(NCC(N)c3ccccc3)ncn2)s1. The molecule has 0 amide bonds. The van der Waals surface area contributed by atoms with Crippen molar-refractivity contribution in [3.63, 3.8) is 0 Å². The van der Waals surface area contributed by atoms with Gasteiger partial charge in [-0.05, 0) is 24.6 Å². The molecule has 2 aromatic heterocycles. The summed E-state index contributed by atoms with van der Waals surface area (Å²) in [5, 5.41) is 3.24. The lowest BCUT2D eigenvalue weighted by Crippen LogP contribution is -2.20. The summed E-state index contributed by atoms with van der Waals surface area (Å²) in [6, 6.07) is 15.4. The van der Waals surface area contributed by atoms with E-state index in [1.807, 2.05) is 48.5 Å². The normalized spacial score (nSPS) is 11.9. The van der Waals surface area contributed by atoms with Gasteiger partial charge >= 0.3 is 0 Å². The van der Waals surface area contributed by atoms with Crippen LogP contribution in [0.4, 0.5) is 5.82 Å². The minimum Gasteiger partial charge on any atom is -0.368 e. The van der Waals surface area contributed by atoms with E-state index in [1.54, 1.807) is 6.92 Å². The van der Waals surface area contributed by atoms with E-state index < -0.39 is 0 Å². The molecule has 5 nitrogen and oxygen atoms in total. The Morgan fingerprint density at radius 3 is 2.71 bits per heavy atom. The Morgan fingerprint density at radius 2 is 2.00 bits per heavy atom. The zero-order chi connectivity index (χ0) is 16.9. The Morgan fingerprint density at radius 1 is 1.21 bits per heavy atom. The van der Waals surface area contributed by atoms with Crippen LogP contribution in [0.1, 0.15) is 28.2 Å². The number of anilines is 1. The van der Waals surface area contributed by atoms with Gasteiger partial charge in [-0.3, -0.25) is 4.79 Å². The first kappa shape index (κ1) is 16.3. The average Bonchev–Trinajstić information content (AvgIpc) is 3.11. The second-order valence-corrected chi connectivity index (χ2v) is 6.49. The summed E-state index contributed by atoms with van der Waals surface area (Å²) in [4.78, 5) is 21.6. The molecule has 1 aromatic carbocycles. The number of thiophene rings is 1. The number of nitrogens with one attached hydrogen (secondary N) is 1. The van der Waals surface area contributed by atoms with Gasteiger partial charge < -0.3 is 11.1 Å². The monoisotopic (exact) mass is 338 g/mol. The van der Waals surface area contributed by atoms with E-state index in [0.717, 1.165) is 21.0 Å². The summed E-state index contributed by atoms with van der Waals surface area (Å²) >= 11 is 1.43. The summed E-state index contributed by atoms with van der Waals surface area (Å²) in [5.41, 5.74) is 8.05. The van der Waals surface area contributed by atoms with Crippen LogP contribution in [0, 0.1) is 0 Å². The molecule has 1 unspecified atom stereocenters. The van der Waals surface area contributed by atoms with Gasteiger partial charge in [0.2, 0.25) is 0 Å². The molecule has 0 saturated heterocycles. The van der Waals surface area contributed by atoms with Gasteiger partial charge in [0.15, 0.2) is 5.78 Å². The molecule has 0 radical (unpaired) electrons. The maximum Gasteiger partial charge on any atom is 0.169 e. The van der Waals surface area contributed by atoms with Crippen LogP contribution >= 0.6 is 11.3 Å². The highest BCUT2D eigenvalue weighted by molar-refractivity contribution is 7.17. The van der Waals surface area contributed by atoms with E-state index in [0.29, 0.717) is 12.4 Å². The van der Waals surface area contributed by atoms with Crippen LogP contribution in [0.25, 0.3) is 10.6 Å². The number of carbonyl (C=O) groups excluding carboxylic acids is 1. The lowest BCUT2D eigenvalue weighted by molar-refractivity contribution is 0.102. The molecule has 6 heteroatoms. The molecule has 1 atom stereocenters. The Hall–Kier alpha value is -2.57. The van der Waals surface area contributed by atoms with Crippen LogP contribution in [0.3, 0.4) is 0 Å². The molecule has 3 N–H and O–H groups in total. The summed E-state index contributed by atoms with van der Waals surface area (Å²) in [5.74, 6) is 0.775.